The molecule has 21 heavy (non-hydrogen) atoms. The van der Waals surface area contributed by atoms with Crippen LogP contribution in [-0.4, -0.2) is 48.9 Å². The molecular weight excluding hydrogens is 298 g/mol. The number of nitrogens with zero attached hydrogens (tertiary/aromatic N) is 2. The SMILES string of the molecule is CCC1CN(C)CCCN1c1cccc(SC)c1C(N)=S. The molecule has 0 bridgehead atoms. The summed E-state index contributed by atoms with van der Waals surface area (Å²) < 4.78 is 0. The summed E-state index contributed by atoms with van der Waals surface area (Å²) in [5, 5.41) is 0. The van der Waals surface area contributed by atoms with Crippen molar-refractivity contribution in [2.45, 2.75) is 30.7 Å². The molecule has 2 N–H and O–H groups in total. The Balaban J connectivity index is 2.45. The predicted molar refractivity (Wildman–Crippen MR) is 97.6 cm³/mol. The summed E-state index contributed by atoms with van der Waals surface area (Å²) in [4.78, 5) is 6.61. The van der Waals surface area contributed by atoms with Crippen LogP contribution >= 0.6 is 24.0 Å². The molecule has 1 aliphatic heterocycles. The van der Waals surface area contributed by atoms with Crippen LogP contribution < -0.4 is 10.6 Å². The summed E-state index contributed by atoms with van der Waals surface area (Å²) in [6.07, 6.45) is 4.38. The first-order valence-corrected chi connectivity index (χ1v) is 9.13. The Morgan fingerprint density at radius 3 is 2.81 bits per heavy atom. The lowest BCUT2D eigenvalue weighted by molar-refractivity contribution is 0.328. The molecule has 1 fully saturated rings. The van der Waals surface area contributed by atoms with Gasteiger partial charge in [-0.3, -0.25) is 0 Å². The van der Waals surface area contributed by atoms with E-state index >= 15 is 0 Å². The molecule has 1 aromatic carbocycles. The summed E-state index contributed by atoms with van der Waals surface area (Å²) in [7, 11) is 2.21. The number of benzene rings is 1. The number of thiocarbonyl (C=S) groups is 1. The van der Waals surface area contributed by atoms with Gasteiger partial charge < -0.3 is 15.5 Å². The van der Waals surface area contributed by atoms with Crippen LogP contribution in [0.1, 0.15) is 25.3 Å². The molecular formula is C16H25N3S2. The molecule has 1 aliphatic rings. The normalized spacial score (nSPS) is 20.3. The van der Waals surface area contributed by atoms with E-state index in [0.29, 0.717) is 11.0 Å². The smallest absolute Gasteiger partial charge is 0.107 e. The van der Waals surface area contributed by atoms with Crippen molar-refractivity contribution in [2.75, 3.05) is 37.8 Å². The number of hydrogen-bond acceptors (Lipinski definition) is 4. The van der Waals surface area contributed by atoms with Gasteiger partial charge in [-0.25, -0.2) is 0 Å². The first-order valence-electron chi connectivity index (χ1n) is 7.50. The third-order valence-corrected chi connectivity index (χ3v) is 5.14. The topological polar surface area (TPSA) is 32.5 Å². The van der Waals surface area contributed by atoms with E-state index in [1.807, 2.05) is 0 Å². The first kappa shape index (κ1) is 16.6. The second-order valence-corrected chi connectivity index (χ2v) is 6.88. The maximum absolute atomic E-state index is 6.03. The minimum atomic E-state index is 0.502. The third kappa shape index (κ3) is 3.71. The summed E-state index contributed by atoms with van der Waals surface area (Å²) in [6, 6.07) is 6.91. The lowest BCUT2D eigenvalue weighted by Crippen LogP contribution is -2.40. The quantitative estimate of drug-likeness (QED) is 0.680. The summed E-state index contributed by atoms with van der Waals surface area (Å²) in [5.74, 6) is 0. The molecule has 116 valence electrons. The van der Waals surface area contributed by atoms with E-state index in [-0.39, 0.29) is 0 Å². The highest BCUT2D eigenvalue weighted by Gasteiger charge is 2.25. The Morgan fingerprint density at radius 1 is 1.43 bits per heavy atom. The molecule has 0 aromatic heterocycles. The standard InChI is InChI=1S/C16H25N3S2/c1-4-12-11-18(2)9-6-10-19(12)13-7-5-8-14(21-3)15(13)16(17)20/h5,7-8,12H,4,6,9-11H2,1-3H3,(H2,17,20). The number of nitrogens with two attached hydrogens (primary N) is 1. The highest BCUT2D eigenvalue weighted by molar-refractivity contribution is 7.98. The molecule has 1 saturated heterocycles. The third-order valence-electron chi connectivity index (χ3n) is 4.15. The van der Waals surface area contributed by atoms with Gasteiger partial charge in [-0.1, -0.05) is 25.2 Å². The van der Waals surface area contributed by atoms with E-state index in [9.17, 15) is 0 Å². The number of rotatable bonds is 4. The zero-order chi connectivity index (χ0) is 15.4. The van der Waals surface area contributed by atoms with Crippen LogP contribution in [0.2, 0.25) is 0 Å². The van der Waals surface area contributed by atoms with Crippen LogP contribution in [0.4, 0.5) is 5.69 Å². The minimum Gasteiger partial charge on any atom is -0.389 e. The van der Waals surface area contributed by atoms with Crippen LogP contribution in [0.3, 0.4) is 0 Å². The van der Waals surface area contributed by atoms with Crippen molar-refractivity contribution in [3.8, 4) is 0 Å². The zero-order valence-corrected chi connectivity index (χ0v) is 14.8. The molecule has 0 spiro atoms. The van der Waals surface area contributed by atoms with Crippen molar-refractivity contribution in [2.24, 2.45) is 5.73 Å². The van der Waals surface area contributed by atoms with Gasteiger partial charge in [-0.05, 0) is 44.8 Å². The second kappa shape index (κ2) is 7.47. The van der Waals surface area contributed by atoms with Crippen LogP contribution in [0.5, 0.6) is 0 Å². The molecule has 1 atom stereocenters. The average molecular weight is 324 g/mol. The number of hydrogen-bond donors (Lipinski definition) is 1. The molecule has 5 heteroatoms. The summed E-state index contributed by atoms with van der Waals surface area (Å²) in [6.45, 7) is 5.57. The lowest BCUT2D eigenvalue weighted by Gasteiger charge is -2.34. The fourth-order valence-corrected chi connectivity index (χ4v) is 4.00. The van der Waals surface area contributed by atoms with Crippen molar-refractivity contribution < 1.29 is 0 Å². The van der Waals surface area contributed by atoms with Crippen LogP contribution in [0.15, 0.2) is 23.1 Å². The van der Waals surface area contributed by atoms with Crippen molar-refractivity contribution in [1.82, 2.24) is 4.90 Å². The van der Waals surface area contributed by atoms with Gasteiger partial charge in [0, 0.05) is 35.3 Å². The largest absolute Gasteiger partial charge is 0.389 e. The number of anilines is 1. The van der Waals surface area contributed by atoms with E-state index in [4.69, 9.17) is 18.0 Å². The number of likely N-dealkylation sites (N-methyl/N-ethyl adjacent to an activating group) is 1. The zero-order valence-electron chi connectivity index (χ0n) is 13.1. The van der Waals surface area contributed by atoms with E-state index in [1.165, 1.54) is 17.0 Å². The average Bonchev–Trinajstić information content (AvgIpc) is 2.67. The molecule has 0 saturated carbocycles. The fraction of sp³-hybridized carbons (Fsp3) is 0.562. The summed E-state index contributed by atoms with van der Waals surface area (Å²) in [5.41, 5.74) is 8.28. The second-order valence-electron chi connectivity index (χ2n) is 5.59. The first-order chi connectivity index (χ1) is 10.1. The van der Waals surface area contributed by atoms with Crippen molar-refractivity contribution in [1.29, 1.82) is 0 Å². The highest BCUT2D eigenvalue weighted by atomic mass is 32.2. The summed E-state index contributed by atoms with van der Waals surface area (Å²) >= 11 is 7.04. The minimum absolute atomic E-state index is 0.502. The van der Waals surface area contributed by atoms with E-state index in [0.717, 1.165) is 31.6 Å². The van der Waals surface area contributed by atoms with Gasteiger partial charge >= 0.3 is 0 Å². The van der Waals surface area contributed by atoms with Gasteiger partial charge in [-0.15, -0.1) is 11.8 Å². The molecule has 0 aliphatic carbocycles. The van der Waals surface area contributed by atoms with Gasteiger partial charge in [0.05, 0.1) is 0 Å². The maximum Gasteiger partial charge on any atom is 0.107 e. The molecule has 3 nitrogen and oxygen atoms in total. The van der Waals surface area contributed by atoms with Crippen LogP contribution in [-0.2, 0) is 0 Å². The van der Waals surface area contributed by atoms with Crippen LogP contribution in [0, 0.1) is 0 Å². The van der Waals surface area contributed by atoms with Crippen LogP contribution in [0.25, 0.3) is 0 Å². The molecule has 1 heterocycles. The molecule has 1 unspecified atom stereocenters. The highest BCUT2D eigenvalue weighted by Crippen LogP contribution is 2.32. The Labute approximate surface area is 137 Å². The molecule has 2 rings (SSSR count). The van der Waals surface area contributed by atoms with Crippen molar-refractivity contribution >= 4 is 34.7 Å². The van der Waals surface area contributed by atoms with E-state index < -0.39 is 0 Å². The number of thioether (sulfide) groups is 1. The Bertz CT molecular complexity index is 504. The molecule has 0 radical (unpaired) electrons. The van der Waals surface area contributed by atoms with Gasteiger partial charge in [0.25, 0.3) is 0 Å². The van der Waals surface area contributed by atoms with Gasteiger partial charge in [0.1, 0.15) is 4.99 Å². The molecule has 0 amide bonds. The van der Waals surface area contributed by atoms with E-state index in [2.05, 4.69) is 48.2 Å². The van der Waals surface area contributed by atoms with Crippen molar-refractivity contribution in [3.05, 3.63) is 23.8 Å². The maximum atomic E-state index is 6.03. The Hall–Kier alpha value is -0.780. The lowest BCUT2D eigenvalue weighted by atomic mass is 10.1. The van der Waals surface area contributed by atoms with Crippen molar-refractivity contribution in [3.63, 3.8) is 0 Å². The van der Waals surface area contributed by atoms with Gasteiger partial charge in [0.15, 0.2) is 0 Å². The fourth-order valence-electron chi connectivity index (χ4n) is 3.09. The van der Waals surface area contributed by atoms with Gasteiger partial charge in [-0.2, -0.15) is 0 Å². The molecule has 1 aromatic rings. The predicted octanol–water partition coefficient (Wildman–Crippen LogP) is 2.96. The van der Waals surface area contributed by atoms with E-state index in [1.54, 1.807) is 11.8 Å². The monoisotopic (exact) mass is 323 g/mol. The Kier molecular flexibility index (Phi) is 5.90. The van der Waals surface area contributed by atoms with Gasteiger partial charge in [0.2, 0.25) is 0 Å². The Morgan fingerprint density at radius 2 is 2.19 bits per heavy atom.